The zero-order valence-electron chi connectivity index (χ0n) is 21.7. The number of benzene rings is 2. The Kier molecular flexibility index (Phi) is 5.81. The lowest BCUT2D eigenvalue weighted by Crippen LogP contribution is -2.46. The van der Waals surface area contributed by atoms with E-state index in [-0.39, 0.29) is 24.4 Å². The third-order valence-corrected chi connectivity index (χ3v) is 8.42. The molecule has 0 radical (unpaired) electrons. The van der Waals surface area contributed by atoms with Gasteiger partial charge in [0.1, 0.15) is 40.8 Å². The number of halogens is 1. The van der Waals surface area contributed by atoms with Gasteiger partial charge in [-0.25, -0.2) is 15.0 Å². The van der Waals surface area contributed by atoms with Gasteiger partial charge in [-0.1, -0.05) is 42.0 Å². The first-order chi connectivity index (χ1) is 19.4. The second-order valence-corrected chi connectivity index (χ2v) is 11.4. The second-order valence-electron chi connectivity index (χ2n) is 10.6. The number of amides is 2. The van der Waals surface area contributed by atoms with Gasteiger partial charge in [-0.05, 0) is 77.0 Å². The number of likely N-dealkylation sites (tertiary alicyclic amines) is 1. The molecule has 0 bridgehead atoms. The molecule has 3 unspecified atom stereocenters. The molecule has 2 fully saturated rings. The lowest BCUT2D eigenvalue weighted by Gasteiger charge is -2.27. The van der Waals surface area contributed by atoms with Crippen LogP contribution in [0.2, 0.25) is 0 Å². The molecule has 10 heteroatoms. The molecule has 9 nitrogen and oxygen atoms in total. The highest BCUT2D eigenvalue weighted by molar-refractivity contribution is 9.10. The number of nitrogen functional groups attached to an aromatic ring is 1. The van der Waals surface area contributed by atoms with Crippen LogP contribution in [0, 0.1) is 12.8 Å². The van der Waals surface area contributed by atoms with E-state index in [9.17, 15) is 9.59 Å². The first kappa shape index (κ1) is 24.7. The molecule has 5 aromatic rings. The molecule has 1 saturated carbocycles. The molecule has 1 aliphatic heterocycles. The summed E-state index contributed by atoms with van der Waals surface area (Å²) in [6.07, 6.45) is 3.00. The predicted octanol–water partition coefficient (Wildman–Crippen LogP) is 4.93. The van der Waals surface area contributed by atoms with Gasteiger partial charge in [-0.2, -0.15) is 0 Å². The monoisotopic (exact) mass is 595 g/mol. The van der Waals surface area contributed by atoms with Gasteiger partial charge >= 0.3 is 0 Å². The fourth-order valence-corrected chi connectivity index (χ4v) is 6.40. The van der Waals surface area contributed by atoms with Gasteiger partial charge < -0.3 is 20.5 Å². The zero-order chi connectivity index (χ0) is 27.5. The first-order valence-electron chi connectivity index (χ1n) is 13.2. The molecule has 1 saturated heterocycles. The molecule has 2 aromatic carbocycles. The summed E-state index contributed by atoms with van der Waals surface area (Å²) in [6, 6.07) is 19.3. The molecule has 3 atom stereocenters. The molecular weight excluding hydrogens is 570 g/mol. The standard InChI is InChI=1S/C30H26BrN7O2/c1-16-4-2-5-17(10-16)18-8-9-21-20(11-18)27-28(32)33-15-34-29(27)37(21)14-26(39)38-22-12-19(22)13-23(38)30(40)36-25-7-3-6-24(31)35-25/h2-11,15,19,22-23H,12-14H2,1H3,(H2,32,33,34)(H,35,36,40). The van der Waals surface area contributed by atoms with Crippen molar-refractivity contribution >= 4 is 61.3 Å². The fourth-order valence-electron chi connectivity index (χ4n) is 6.06. The van der Waals surface area contributed by atoms with Crippen LogP contribution in [0.15, 0.2) is 71.6 Å². The summed E-state index contributed by atoms with van der Waals surface area (Å²) in [7, 11) is 0. The molecular formula is C30H26BrN7O2. The minimum atomic E-state index is -0.544. The van der Waals surface area contributed by atoms with E-state index in [1.165, 1.54) is 11.9 Å². The van der Waals surface area contributed by atoms with Gasteiger partial charge in [0.2, 0.25) is 11.8 Å². The van der Waals surface area contributed by atoms with E-state index in [0.717, 1.165) is 33.8 Å². The molecule has 2 aliphatic rings. The number of rotatable bonds is 5. The summed E-state index contributed by atoms with van der Waals surface area (Å²) in [5, 5.41) is 4.50. The Hall–Kier alpha value is -4.31. The smallest absolute Gasteiger partial charge is 0.248 e. The average Bonchev–Trinajstić information content (AvgIpc) is 3.48. The third kappa shape index (κ3) is 4.19. The summed E-state index contributed by atoms with van der Waals surface area (Å²) in [6.45, 7) is 2.11. The van der Waals surface area contributed by atoms with E-state index in [2.05, 4.69) is 73.5 Å². The van der Waals surface area contributed by atoms with Crippen molar-refractivity contribution in [3.05, 3.63) is 77.2 Å². The van der Waals surface area contributed by atoms with Crippen molar-refractivity contribution in [1.29, 1.82) is 0 Å². The number of aryl methyl sites for hydroxylation is 1. The molecule has 3 N–H and O–H groups in total. The molecule has 3 aromatic heterocycles. The number of pyridine rings is 1. The maximum Gasteiger partial charge on any atom is 0.248 e. The topological polar surface area (TPSA) is 119 Å². The van der Waals surface area contributed by atoms with Crippen LogP contribution >= 0.6 is 15.9 Å². The van der Waals surface area contributed by atoms with E-state index in [1.54, 1.807) is 17.0 Å². The zero-order valence-corrected chi connectivity index (χ0v) is 23.3. The number of carbonyl (C=O) groups excluding carboxylic acids is 2. The van der Waals surface area contributed by atoms with Crippen LogP contribution in [0.1, 0.15) is 18.4 Å². The predicted molar refractivity (Wildman–Crippen MR) is 157 cm³/mol. The van der Waals surface area contributed by atoms with Gasteiger partial charge in [0.05, 0.1) is 10.9 Å². The van der Waals surface area contributed by atoms with Gasteiger partial charge in [0, 0.05) is 11.4 Å². The van der Waals surface area contributed by atoms with Crippen LogP contribution in [0.25, 0.3) is 33.1 Å². The summed E-state index contributed by atoms with van der Waals surface area (Å²) in [4.78, 5) is 42.0. The Morgan fingerprint density at radius 2 is 1.88 bits per heavy atom. The number of nitrogens with zero attached hydrogens (tertiary/aromatic N) is 5. The largest absolute Gasteiger partial charge is 0.383 e. The number of nitrogens with two attached hydrogens (primary N) is 1. The third-order valence-electron chi connectivity index (χ3n) is 7.98. The van der Waals surface area contributed by atoms with E-state index in [1.807, 2.05) is 22.8 Å². The number of carbonyl (C=O) groups is 2. The van der Waals surface area contributed by atoms with Crippen molar-refractivity contribution in [2.75, 3.05) is 11.1 Å². The van der Waals surface area contributed by atoms with E-state index >= 15 is 0 Å². The first-order valence-corrected chi connectivity index (χ1v) is 14.0. The Labute approximate surface area is 238 Å². The highest BCUT2D eigenvalue weighted by atomic mass is 79.9. The molecule has 1 aliphatic carbocycles. The van der Waals surface area contributed by atoms with Gasteiger partial charge in [0.15, 0.2) is 0 Å². The number of anilines is 2. The second kappa shape index (κ2) is 9.41. The van der Waals surface area contributed by atoms with E-state index in [0.29, 0.717) is 34.2 Å². The summed E-state index contributed by atoms with van der Waals surface area (Å²) >= 11 is 3.34. The van der Waals surface area contributed by atoms with Crippen LogP contribution in [-0.2, 0) is 16.1 Å². The minimum Gasteiger partial charge on any atom is -0.383 e. The van der Waals surface area contributed by atoms with E-state index in [4.69, 9.17) is 5.73 Å². The molecule has 7 rings (SSSR count). The molecule has 200 valence electrons. The van der Waals surface area contributed by atoms with Gasteiger partial charge in [-0.15, -0.1) is 0 Å². The van der Waals surface area contributed by atoms with Gasteiger partial charge in [-0.3, -0.25) is 9.59 Å². The number of aromatic nitrogens is 4. The number of piperidine rings is 1. The Morgan fingerprint density at radius 3 is 2.70 bits per heavy atom. The SMILES string of the molecule is Cc1cccc(-c2ccc3c(c2)c2c(N)ncnc2n3CC(=O)N2C(C(=O)Nc3cccc(Br)n3)CC3CC32)c1. The highest BCUT2D eigenvalue weighted by Gasteiger charge is 2.56. The Balaban J connectivity index is 1.23. The quantitative estimate of drug-likeness (QED) is 0.278. The maximum atomic E-state index is 13.9. The fraction of sp³-hybridized carbons (Fsp3) is 0.233. The maximum absolute atomic E-state index is 13.9. The van der Waals surface area contributed by atoms with Crippen LogP contribution in [-0.4, -0.2) is 48.3 Å². The lowest BCUT2D eigenvalue weighted by atomic mass is 10.0. The number of nitrogens with one attached hydrogen (secondary N) is 1. The molecule has 0 spiro atoms. The summed E-state index contributed by atoms with van der Waals surface area (Å²) in [5.74, 6) is 0.827. The van der Waals surface area contributed by atoms with Crippen molar-refractivity contribution in [3.63, 3.8) is 0 Å². The van der Waals surface area contributed by atoms with E-state index < -0.39 is 6.04 Å². The van der Waals surface area contributed by atoms with Crippen molar-refractivity contribution in [3.8, 4) is 11.1 Å². The lowest BCUT2D eigenvalue weighted by molar-refractivity contribution is -0.138. The molecule has 2 amide bonds. The van der Waals surface area contributed by atoms with Crippen molar-refractivity contribution in [1.82, 2.24) is 24.4 Å². The summed E-state index contributed by atoms with van der Waals surface area (Å²) < 4.78 is 2.52. The van der Waals surface area contributed by atoms with Crippen LogP contribution in [0.5, 0.6) is 0 Å². The molecule has 40 heavy (non-hydrogen) atoms. The van der Waals surface area contributed by atoms with Crippen molar-refractivity contribution in [2.45, 2.75) is 38.4 Å². The average molecular weight is 596 g/mol. The van der Waals surface area contributed by atoms with Crippen LogP contribution in [0.4, 0.5) is 11.6 Å². The molecule has 4 heterocycles. The van der Waals surface area contributed by atoms with Gasteiger partial charge in [0.25, 0.3) is 0 Å². The number of hydrogen-bond acceptors (Lipinski definition) is 6. The number of fused-ring (bicyclic) bond motifs is 4. The highest BCUT2D eigenvalue weighted by Crippen LogP contribution is 2.48. The van der Waals surface area contributed by atoms with Crippen LogP contribution < -0.4 is 11.1 Å². The summed E-state index contributed by atoms with van der Waals surface area (Å²) in [5.41, 5.74) is 11.1. The van der Waals surface area contributed by atoms with Crippen molar-refractivity contribution in [2.24, 2.45) is 5.92 Å². The number of hydrogen-bond donors (Lipinski definition) is 2. The van der Waals surface area contributed by atoms with Crippen LogP contribution in [0.3, 0.4) is 0 Å². The normalized spacial score (nSPS) is 19.6. The van der Waals surface area contributed by atoms with Crippen molar-refractivity contribution < 1.29 is 9.59 Å². The Morgan fingerprint density at radius 1 is 1.05 bits per heavy atom. The Bertz CT molecular complexity index is 1830. The minimum absolute atomic E-state index is 0.0440.